The highest BCUT2D eigenvalue weighted by Crippen LogP contribution is 2.34. The molecule has 8 heteroatoms. The maximum atomic E-state index is 12.8. The minimum Gasteiger partial charge on any atom is -0.457 e. The van der Waals surface area contributed by atoms with Crippen LogP contribution in [-0.2, 0) is 6.18 Å². The number of halogens is 3. The van der Waals surface area contributed by atoms with Crippen molar-refractivity contribution in [2.75, 3.05) is 0 Å². The normalized spacial score (nSPS) is 10.6. The number of ether oxygens (including phenoxy) is 1. The molecule has 0 atom stereocenters. The number of hydrogen-bond acceptors (Lipinski definition) is 4. The molecule has 0 aliphatic heterocycles. The quantitative estimate of drug-likeness (QED) is 0.557. The van der Waals surface area contributed by atoms with Gasteiger partial charge in [-0.2, -0.15) is 13.2 Å². The third-order valence-electron chi connectivity index (χ3n) is 3.84. The highest BCUT2D eigenvalue weighted by atomic mass is 19.4. The minimum atomic E-state index is -4.55. The summed E-state index contributed by atoms with van der Waals surface area (Å²) < 4.78 is 43.8. The first-order chi connectivity index (χ1) is 14.3. The van der Waals surface area contributed by atoms with E-state index < -0.39 is 17.6 Å². The van der Waals surface area contributed by atoms with Crippen molar-refractivity contribution in [3.63, 3.8) is 0 Å². The molecule has 0 radical (unpaired) electrons. The Labute approximate surface area is 171 Å². The molecule has 2 aromatic carbocycles. The summed E-state index contributed by atoms with van der Waals surface area (Å²) in [6, 6.07) is 14.0. The lowest BCUT2D eigenvalue weighted by molar-refractivity contribution is -0.137. The van der Waals surface area contributed by atoms with Gasteiger partial charge < -0.3 is 10.5 Å². The number of nitrogens with zero attached hydrogens (tertiary/aromatic N) is 1. The van der Waals surface area contributed by atoms with Gasteiger partial charge in [-0.1, -0.05) is 19.9 Å². The van der Waals surface area contributed by atoms with Gasteiger partial charge in [0.05, 0.1) is 16.8 Å². The predicted molar refractivity (Wildman–Crippen MR) is 106 cm³/mol. The lowest BCUT2D eigenvalue weighted by Gasteiger charge is -2.12. The number of nitrogens with two attached hydrogens (primary N) is 1. The van der Waals surface area contributed by atoms with E-state index in [1.54, 1.807) is 36.4 Å². The lowest BCUT2D eigenvalue weighted by Crippen LogP contribution is -2.12. The maximum Gasteiger partial charge on any atom is 0.416 e. The summed E-state index contributed by atoms with van der Waals surface area (Å²) in [4.78, 5) is 26.5. The number of pyridine rings is 1. The number of alkyl halides is 3. The fourth-order valence-electron chi connectivity index (χ4n) is 2.46. The minimum absolute atomic E-state index is 0.00426. The Morgan fingerprint density at radius 3 is 2.27 bits per heavy atom. The van der Waals surface area contributed by atoms with Crippen molar-refractivity contribution < 1.29 is 27.5 Å². The van der Waals surface area contributed by atoms with Gasteiger partial charge in [0.2, 0.25) is 0 Å². The summed E-state index contributed by atoms with van der Waals surface area (Å²) in [6.07, 6.45) is -4.25. The molecule has 5 nitrogen and oxygen atoms in total. The SMILES string of the molecule is CC.NC(=O)c1cccc(-c2ccc(Oc3ccc(C(F)(F)F)cc3C=O)cc2)n1. The Hall–Kier alpha value is -3.68. The zero-order valence-corrected chi connectivity index (χ0v) is 16.2. The van der Waals surface area contributed by atoms with Crippen LogP contribution in [0.15, 0.2) is 60.7 Å². The molecule has 0 aliphatic carbocycles. The molecule has 3 rings (SSSR count). The molecule has 156 valence electrons. The van der Waals surface area contributed by atoms with Crippen LogP contribution in [0, 0.1) is 0 Å². The summed E-state index contributed by atoms with van der Waals surface area (Å²) in [7, 11) is 0. The number of primary amides is 1. The van der Waals surface area contributed by atoms with Gasteiger partial charge in [0.25, 0.3) is 5.91 Å². The van der Waals surface area contributed by atoms with Crippen LogP contribution in [0.25, 0.3) is 11.3 Å². The first kappa shape index (κ1) is 22.6. The van der Waals surface area contributed by atoms with Gasteiger partial charge >= 0.3 is 6.18 Å². The summed E-state index contributed by atoms with van der Waals surface area (Å²) in [5.74, 6) is -0.326. The van der Waals surface area contributed by atoms with Crippen molar-refractivity contribution in [1.82, 2.24) is 4.98 Å². The molecule has 0 spiro atoms. The van der Waals surface area contributed by atoms with Crippen LogP contribution in [-0.4, -0.2) is 17.2 Å². The Morgan fingerprint density at radius 2 is 1.70 bits per heavy atom. The molecule has 0 unspecified atom stereocenters. The molecular weight excluding hydrogens is 397 g/mol. The summed E-state index contributed by atoms with van der Waals surface area (Å²) in [5, 5.41) is 0. The van der Waals surface area contributed by atoms with Crippen molar-refractivity contribution in [2.45, 2.75) is 20.0 Å². The third kappa shape index (κ3) is 5.44. The molecule has 0 saturated carbocycles. The Kier molecular flexibility index (Phi) is 7.30. The van der Waals surface area contributed by atoms with Crippen molar-refractivity contribution in [2.24, 2.45) is 5.73 Å². The molecule has 0 aliphatic rings. The van der Waals surface area contributed by atoms with E-state index in [-0.39, 0.29) is 17.0 Å². The first-order valence-corrected chi connectivity index (χ1v) is 8.99. The van der Waals surface area contributed by atoms with Crippen LogP contribution in [0.2, 0.25) is 0 Å². The largest absolute Gasteiger partial charge is 0.457 e. The highest BCUT2D eigenvalue weighted by Gasteiger charge is 2.31. The molecule has 3 aromatic rings. The number of rotatable bonds is 5. The molecule has 1 aromatic heterocycles. The van der Waals surface area contributed by atoms with Gasteiger partial charge in [0.15, 0.2) is 6.29 Å². The van der Waals surface area contributed by atoms with Crippen LogP contribution in [0.5, 0.6) is 11.5 Å². The zero-order chi connectivity index (χ0) is 22.3. The molecule has 0 saturated heterocycles. The van der Waals surface area contributed by atoms with Gasteiger partial charge in [0.1, 0.15) is 17.2 Å². The molecular formula is C22H19F3N2O3. The summed E-state index contributed by atoms with van der Waals surface area (Å²) >= 11 is 0. The van der Waals surface area contributed by atoms with E-state index in [2.05, 4.69) is 4.98 Å². The Morgan fingerprint density at radius 1 is 1.03 bits per heavy atom. The van der Waals surface area contributed by atoms with Crippen LogP contribution >= 0.6 is 0 Å². The Bertz CT molecular complexity index is 1030. The highest BCUT2D eigenvalue weighted by molar-refractivity contribution is 5.91. The van der Waals surface area contributed by atoms with Gasteiger partial charge in [-0.25, -0.2) is 4.98 Å². The number of carbonyl (C=O) groups excluding carboxylic acids is 2. The van der Waals surface area contributed by atoms with Crippen LogP contribution in [0.1, 0.15) is 40.3 Å². The predicted octanol–water partition coefficient (Wildman–Crippen LogP) is 5.50. The van der Waals surface area contributed by atoms with E-state index in [0.717, 1.165) is 18.2 Å². The topological polar surface area (TPSA) is 82.3 Å². The fraction of sp³-hybridized carbons (Fsp3) is 0.136. The molecule has 1 heterocycles. The van der Waals surface area contributed by atoms with E-state index >= 15 is 0 Å². The van der Waals surface area contributed by atoms with Gasteiger partial charge in [-0.05, 0) is 54.6 Å². The molecule has 0 bridgehead atoms. The maximum absolute atomic E-state index is 12.8. The van der Waals surface area contributed by atoms with E-state index in [4.69, 9.17) is 10.5 Å². The molecule has 2 N–H and O–H groups in total. The fourth-order valence-corrected chi connectivity index (χ4v) is 2.46. The Balaban J connectivity index is 0.00000155. The van der Waals surface area contributed by atoms with Crippen LogP contribution < -0.4 is 10.5 Å². The van der Waals surface area contributed by atoms with E-state index in [9.17, 15) is 22.8 Å². The summed E-state index contributed by atoms with van der Waals surface area (Å²) in [5.41, 5.74) is 5.39. The van der Waals surface area contributed by atoms with Gasteiger partial charge in [-0.15, -0.1) is 0 Å². The van der Waals surface area contributed by atoms with Crippen molar-refractivity contribution in [3.05, 3.63) is 77.5 Å². The second kappa shape index (κ2) is 9.69. The second-order valence-corrected chi connectivity index (χ2v) is 5.77. The second-order valence-electron chi connectivity index (χ2n) is 5.77. The van der Waals surface area contributed by atoms with Crippen molar-refractivity contribution in [3.8, 4) is 22.8 Å². The van der Waals surface area contributed by atoms with Crippen LogP contribution in [0.4, 0.5) is 13.2 Å². The van der Waals surface area contributed by atoms with Gasteiger partial charge in [0, 0.05) is 5.56 Å². The monoisotopic (exact) mass is 416 g/mol. The van der Waals surface area contributed by atoms with Crippen LogP contribution in [0.3, 0.4) is 0 Å². The molecule has 1 amide bonds. The van der Waals surface area contributed by atoms with Crippen molar-refractivity contribution in [1.29, 1.82) is 0 Å². The number of aromatic nitrogens is 1. The first-order valence-electron chi connectivity index (χ1n) is 8.99. The summed E-state index contributed by atoms with van der Waals surface area (Å²) in [6.45, 7) is 4.00. The lowest BCUT2D eigenvalue weighted by atomic mass is 10.1. The third-order valence-corrected chi connectivity index (χ3v) is 3.84. The van der Waals surface area contributed by atoms with E-state index in [1.807, 2.05) is 13.8 Å². The number of aldehydes is 1. The zero-order valence-electron chi connectivity index (χ0n) is 16.2. The van der Waals surface area contributed by atoms with Crippen molar-refractivity contribution >= 4 is 12.2 Å². The number of benzene rings is 2. The number of hydrogen-bond donors (Lipinski definition) is 1. The molecule has 0 fully saturated rings. The smallest absolute Gasteiger partial charge is 0.416 e. The number of carbonyl (C=O) groups is 2. The van der Waals surface area contributed by atoms with Gasteiger partial charge in [-0.3, -0.25) is 9.59 Å². The van der Waals surface area contributed by atoms with E-state index in [0.29, 0.717) is 23.3 Å². The average Bonchev–Trinajstić information content (AvgIpc) is 2.75. The average molecular weight is 416 g/mol. The number of amides is 1. The standard InChI is InChI=1S/C20H13F3N2O3.C2H6/c21-20(22,23)14-6-9-18(13(10-14)11-26)28-15-7-4-12(5-8-15)16-2-1-3-17(25-16)19(24)27;1-2/h1-11H,(H2,24,27);1-2H3. The molecule has 30 heavy (non-hydrogen) atoms. The van der Waals surface area contributed by atoms with E-state index in [1.165, 1.54) is 6.07 Å².